The average molecular weight is 435 g/mol. The van der Waals surface area contributed by atoms with Crippen LogP contribution in [0.1, 0.15) is 68.4 Å². The lowest BCUT2D eigenvalue weighted by atomic mass is 9.85. The van der Waals surface area contributed by atoms with Crippen molar-refractivity contribution in [2.75, 3.05) is 13.1 Å². The molecule has 4 rings (SSSR count). The number of aromatic nitrogens is 3. The SMILES string of the molecule is C[n+]1cc(C2CC2)nc2c(C(=O)NC(C(=O)N3CCC(F)(F)CC3)C(C)(C)C)c[nH]c21. The maximum absolute atomic E-state index is 13.5. The molecule has 1 unspecified atom stereocenters. The number of carbonyl (C=O) groups excluding carboxylic acids is 2. The first kappa shape index (κ1) is 21.6. The first-order valence-corrected chi connectivity index (χ1v) is 10.8. The minimum Gasteiger partial charge on any atom is -0.340 e. The zero-order valence-electron chi connectivity index (χ0n) is 18.5. The monoisotopic (exact) mass is 434 g/mol. The predicted octanol–water partition coefficient (Wildman–Crippen LogP) is 2.67. The number of hydrogen-bond donors (Lipinski definition) is 2. The Morgan fingerprint density at radius 1 is 1.29 bits per heavy atom. The highest BCUT2D eigenvalue weighted by Gasteiger charge is 2.41. The van der Waals surface area contributed by atoms with Crippen LogP contribution in [-0.4, -0.2) is 51.7 Å². The number of aryl methyl sites for hydroxylation is 1. The van der Waals surface area contributed by atoms with Gasteiger partial charge >= 0.3 is 5.65 Å². The number of hydrogen-bond acceptors (Lipinski definition) is 3. The number of amides is 2. The summed E-state index contributed by atoms with van der Waals surface area (Å²) < 4.78 is 29.0. The minimum absolute atomic E-state index is 0.0104. The molecule has 3 heterocycles. The Morgan fingerprint density at radius 2 is 1.94 bits per heavy atom. The van der Waals surface area contributed by atoms with Crippen LogP contribution >= 0.6 is 0 Å². The van der Waals surface area contributed by atoms with Gasteiger partial charge in [-0.05, 0) is 18.3 Å². The molecule has 2 aliphatic rings. The van der Waals surface area contributed by atoms with Crippen LogP contribution in [0, 0.1) is 5.41 Å². The number of piperidine rings is 1. The van der Waals surface area contributed by atoms with E-state index in [1.165, 1.54) is 4.90 Å². The molecule has 1 atom stereocenters. The Hall–Kier alpha value is -2.58. The van der Waals surface area contributed by atoms with Crippen LogP contribution in [0.4, 0.5) is 8.78 Å². The molecule has 0 radical (unpaired) electrons. The van der Waals surface area contributed by atoms with Gasteiger partial charge in [-0.3, -0.25) is 9.59 Å². The van der Waals surface area contributed by atoms with Gasteiger partial charge in [-0.1, -0.05) is 20.8 Å². The second kappa shape index (κ2) is 7.53. The Kier molecular flexibility index (Phi) is 5.26. The summed E-state index contributed by atoms with van der Waals surface area (Å²) in [6.07, 6.45) is 5.08. The smallest absolute Gasteiger partial charge is 0.306 e. The number of fused-ring (bicyclic) bond motifs is 1. The van der Waals surface area contributed by atoms with E-state index in [-0.39, 0.29) is 31.8 Å². The van der Waals surface area contributed by atoms with Crippen molar-refractivity contribution in [2.24, 2.45) is 12.5 Å². The number of rotatable bonds is 4. The molecule has 7 nitrogen and oxygen atoms in total. The molecule has 0 aromatic carbocycles. The van der Waals surface area contributed by atoms with Crippen molar-refractivity contribution in [3.05, 3.63) is 23.7 Å². The van der Waals surface area contributed by atoms with Gasteiger partial charge in [0.05, 0.1) is 12.7 Å². The second-order valence-corrected chi connectivity index (χ2v) is 9.90. The minimum atomic E-state index is -2.73. The Bertz CT molecular complexity index is 1010. The lowest BCUT2D eigenvalue weighted by molar-refractivity contribution is -0.647. The summed E-state index contributed by atoms with van der Waals surface area (Å²) in [4.78, 5) is 35.6. The normalized spacial score (nSPS) is 20.0. The average Bonchev–Trinajstić information content (AvgIpc) is 3.44. The van der Waals surface area contributed by atoms with Crippen LogP contribution in [0.3, 0.4) is 0 Å². The molecule has 168 valence electrons. The van der Waals surface area contributed by atoms with Crippen LogP contribution in [0.25, 0.3) is 11.2 Å². The van der Waals surface area contributed by atoms with E-state index in [1.807, 2.05) is 38.6 Å². The van der Waals surface area contributed by atoms with Crippen molar-refractivity contribution in [1.82, 2.24) is 20.2 Å². The molecule has 9 heteroatoms. The fourth-order valence-electron chi connectivity index (χ4n) is 4.05. The van der Waals surface area contributed by atoms with Crippen LogP contribution < -0.4 is 9.88 Å². The number of likely N-dealkylation sites (tertiary alicyclic amines) is 1. The number of nitrogens with zero attached hydrogens (tertiary/aromatic N) is 3. The van der Waals surface area contributed by atoms with Gasteiger partial charge in [0.15, 0.2) is 5.52 Å². The third kappa shape index (κ3) is 4.41. The lowest BCUT2D eigenvalue weighted by Gasteiger charge is -2.38. The number of carbonyl (C=O) groups is 2. The maximum atomic E-state index is 13.5. The molecule has 0 bridgehead atoms. The van der Waals surface area contributed by atoms with E-state index in [4.69, 9.17) is 4.98 Å². The summed E-state index contributed by atoms with van der Waals surface area (Å²) in [6, 6.07) is -0.836. The van der Waals surface area contributed by atoms with E-state index in [0.29, 0.717) is 17.0 Å². The lowest BCUT2D eigenvalue weighted by Crippen LogP contribution is -2.56. The van der Waals surface area contributed by atoms with Gasteiger partial charge < -0.3 is 10.2 Å². The first-order valence-electron chi connectivity index (χ1n) is 10.8. The van der Waals surface area contributed by atoms with Gasteiger partial charge in [0.25, 0.3) is 11.8 Å². The second-order valence-electron chi connectivity index (χ2n) is 9.90. The van der Waals surface area contributed by atoms with Gasteiger partial charge in [-0.25, -0.2) is 23.3 Å². The number of halogens is 2. The molecule has 1 aliphatic heterocycles. The largest absolute Gasteiger partial charge is 0.340 e. The van der Waals surface area contributed by atoms with Crippen molar-refractivity contribution in [1.29, 1.82) is 0 Å². The number of H-pyrrole nitrogens is 1. The highest BCUT2D eigenvalue weighted by atomic mass is 19.3. The molecule has 2 amide bonds. The molecule has 2 N–H and O–H groups in total. The topological polar surface area (TPSA) is 82.0 Å². The van der Waals surface area contributed by atoms with E-state index < -0.39 is 23.3 Å². The quantitative estimate of drug-likeness (QED) is 0.726. The molecule has 1 saturated carbocycles. The van der Waals surface area contributed by atoms with Crippen molar-refractivity contribution in [3.8, 4) is 0 Å². The van der Waals surface area contributed by atoms with Crippen molar-refractivity contribution in [3.63, 3.8) is 0 Å². The van der Waals surface area contributed by atoms with Gasteiger partial charge in [-0.15, -0.1) is 0 Å². The highest BCUT2D eigenvalue weighted by molar-refractivity contribution is 6.05. The Balaban J connectivity index is 1.58. The standard InChI is InChI=1S/C22H29F2N5O2/c1-21(2,3)17(20(31)29-9-7-22(23,24)8-10-29)27-19(30)14-11-25-18-16(14)26-15(12-28(18)4)13-5-6-13/h11-13,17H,5-10H2,1-4H3,(H,27,30)/p+1. The van der Waals surface area contributed by atoms with E-state index in [1.54, 1.807) is 6.20 Å². The number of aromatic amines is 1. The summed E-state index contributed by atoms with van der Waals surface area (Å²) in [5, 5.41) is 2.87. The summed E-state index contributed by atoms with van der Waals surface area (Å²) in [5.41, 5.74) is 2.05. The van der Waals surface area contributed by atoms with Crippen LogP contribution in [0.5, 0.6) is 0 Å². The number of alkyl halides is 2. The van der Waals surface area contributed by atoms with Gasteiger partial charge in [0.2, 0.25) is 5.91 Å². The van der Waals surface area contributed by atoms with E-state index in [2.05, 4.69) is 10.3 Å². The fraction of sp³-hybridized carbons (Fsp3) is 0.636. The summed E-state index contributed by atoms with van der Waals surface area (Å²) in [5.74, 6) is -3.03. The molecular formula is C22H30F2N5O2+. The van der Waals surface area contributed by atoms with Gasteiger partial charge in [0, 0.05) is 31.8 Å². The third-order valence-electron chi connectivity index (χ3n) is 6.19. The molecule has 2 aromatic heterocycles. The molecule has 0 spiro atoms. The highest BCUT2D eigenvalue weighted by Crippen LogP contribution is 2.39. The van der Waals surface area contributed by atoms with E-state index in [0.717, 1.165) is 24.2 Å². The Labute approximate surface area is 180 Å². The van der Waals surface area contributed by atoms with Crippen molar-refractivity contribution >= 4 is 23.0 Å². The zero-order valence-corrected chi connectivity index (χ0v) is 18.5. The molecule has 2 fully saturated rings. The van der Waals surface area contributed by atoms with E-state index in [9.17, 15) is 18.4 Å². The molecule has 1 aliphatic carbocycles. The summed E-state index contributed by atoms with van der Waals surface area (Å²) in [6.45, 7) is 5.54. The molecule has 31 heavy (non-hydrogen) atoms. The fourth-order valence-corrected chi connectivity index (χ4v) is 4.05. The van der Waals surface area contributed by atoms with Gasteiger partial charge in [0.1, 0.15) is 24.0 Å². The Morgan fingerprint density at radius 3 is 2.52 bits per heavy atom. The number of nitrogens with one attached hydrogen (secondary N) is 2. The van der Waals surface area contributed by atoms with Crippen LogP contribution in [0.15, 0.2) is 12.4 Å². The summed E-state index contributed by atoms with van der Waals surface area (Å²) >= 11 is 0. The first-order chi connectivity index (χ1) is 14.5. The predicted molar refractivity (Wildman–Crippen MR) is 111 cm³/mol. The van der Waals surface area contributed by atoms with E-state index >= 15 is 0 Å². The summed E-state index contributed by atoms with van der Waals surface area (Å²) in [7, 11) is 1.90. The zero-order chi connectivity index (χ0) is 22.6. The molecule has 2 aromatic rings. The van der Waals surface area contributed by atoms with Crippen LogP contribution in [-0.2, 0) is 11.8 Å². The third-order valence-corrected chi connectivity index (χ3v) is 6.19. The maximum Gasteiger partial charge on any atom is 0.306 e. The van der Waals surface area contributed by atoms with Gasteiger partial charge in [-0.2, -0.15) is 0 Å². The van der Waals surface area contributed by atoms with Crippen LogP contribution in [0.2, 0.25) is 0 Å². The van der Waals surface area contributed by atoms with Crippen molar-refractivity contribution < 1.29 is 22.9 Å². The van der Waals surface area contributed by atoms with Crippen molar-refractivity contribution in [2.45, 2.75) is 64.3 Å². The molecule has 1 saturated heterocycles. The molecular weight excluding hydrogens is 404 g/mol.